The molecule has 8 rings (SSSR count). The van der Waals surface area contributed by atoms with Crippen molar-refractivity contribution in [3.8, 4) is 0 Å². The third kappa shape index (κ3) is 6.35. The lowest BCUT2D eigenvalue weighted by molar-refractivity contribution is 0.0310. The molecule has 4 bridgehead atoms. The summed E-state index contributed by atoms with van der Waals surface area (Å²) in [5.41, 5.74) is 3.43. The molecule has 4 saturated heterocycles. The Hall–Kier alpha value is -2.16. The maximum absolute atomic E-state index is 12.8. The number of imide groups is 1. The topological polar surface area (TPSA) is 64.1 Å². The molecule has 5 heterocycles. The Balaban J connectivity index is 0.000000162. The molecule has 0 spiro atoms. The van der Waals surface area contributed by atoms with Gasteiger partial charge in [0, 0.05) is 43.3 Å². The molecule has 0 radical (unpaired) electrons. The van der Waals surface area contributed by atoms with E-state index >= 15 is 0 Å². The molecule has 5 atom stereocenters. The molecule has 46 heavy (non-hydrogen) atoms. The Morgan fingerprint density at radius 3 is 1.39 bits per heavy atom. The van der Waals surface area contributed by atoms with Crippen molar-refractivity contribution in [1.29, 1.82) is 0 Å². The van der Waals surface area contributed by atoms with Crippen LogP contribution >= 0.6 is 46.4 Å². The fourth-order valence-corrected chi connectivity index (χ4v) is 9.10. The molecule has 3 unspecified atom stereocenters. The lowest BCUT2D eigenvalue weighted by Crippen LogP contribution is -2.51. The summed E-state index contributed by atoms with van der Waals surface area (Å²) < 4.78 is 0. The fourth-order valence-electron chi connectivity index (χ4n) is 8.46. The number of hydrogen-bond acceptors (Lipinski definition) is 5. The smallest absolute Gasteiger partial charge is 0.261 e. The van der Waals surface area contributed by atoms with Crippen molar-refractivity contribution < 1.29 is 14.7 Å². The molecule has 3 aromatic rings. The van der Waals surface area contributed by atoms with Crippen molar-refractivity contribution in [3.05, 3.63) is 103 Å². The standard InChI is InChI=1S/C22H20Cl2N2O2.C14H17Cl2NO/c23-19-8-5-13(9-20(19)24)12-25-14-6-7-15(25)11-16(10-14)26-21(27)17-3-1-2-4-18(17)22(26)28;15-13-4-1-9(5-14(13)16)8-17-10-2-3-11(17)7-12(18)6-10/h1-5,8-9,14-16H,6-7,10-12H2;1,4-5,10-12,18H,2-3,6-8H2/t;10-,11+,12?. The molecule has 2 amide bonds. The zero-order chi connectivity index (χ0) is 32.1. The van der Waals surface area contributed by atoms with Crippen LogP contribution in [0.15, 0.2) is 60.7 Å². The fraction of sp³-hybridized carbons (Fsp3) is 0.444. The summed E-state index contributed by atoms with van der Waals surface area (Å²) >= 11 is 24.2. The predicted octanol–water partition coefficient (Wildman–Crippen LogP) is 8.27. The first-order valence-corrected chi connectivity index (χ1v) is 17.7. The van der Waals surface area contributed by atoms with Gasteiger partial charge in [-0.15, -0.1) is 0 Å². The van der Waals surface area contributed by atoms with Crippen molar-refractivity contribution in [1.82, 2.24) is 14.7 Å². The molecule has 6 nitrogen and oxygen atoms in total. The maximum atomic E-state index is 12.8. The van der Waals surface area contributed by atoms with Crippen LogP contribution in [0.3, 0.4) is 0 Å². The van der Waals surface area contributed by atoms with E-state index in [9.17, 15) is 14.7 Å². The second-order valence-electron chi connectivity index (χ2n) is 13.4. The summed E-state index contributed by atoms with van der Waals surface area (Å²) in [5.74, 6) is -0.272. The number of halogens is 4. The van der Waals surface area contributed by atoms with Crippen LogP contribution in [0.25, 0.3) is 0 Å². The Bertz CT molecular complexity index is 1590. The van der Waals surface area contributed by atoms with Crippen molar-refractivity contribution in [2.75, 3.05) is 0 Å². The van der Waals surface area contributed by atoms with Crippen LogP contribution in [-0.2, 0) is 13.1 Å². The number of aliphatic hydroxyl groups is 1. The Morgan fingerprint density at radius 2 is 0.978 bits per heavy atom. The van der Waals surface area contributed by atoms with Crippen LogP contribution in [0, 0.1) is 0 Å². The monoisotopic (exact) mass is 699 g/mol. The Labute approximate surface area is 290 Å². The van der Waals surface area contributed by atoms with Gasteiger partial charge in [-0.3, -0.25) is 24.3 Å². The summed E-state index contributed by atoms with van der Waals surface area (Å²) in [6, 6.07) is 20.6. The summed E-state index contributed by atoms with van der Waals surface area (Å²) in [7, 11) is 0. The lowest BCUT2D eigenvalue weighted by Gasteiger charge is -2.41. The van der Waals surface area contributed by atoms with E-state index in [1.807, 2.05) is 48.5 Å². The van der Waals surface area contributed by atoms with E-state index in [0.717, 1.165) is 57.2 Å². The third-order valence-corrected chi connectivity index (χ3v) is 12.1. The molecule has 5 aliphatic heterocycles. The van der Waals surface area contributed by atoms with Gasteiger partial charge in [0.2, 0.25) is 0 Å². The maximum Gasteiger partial charge on any atom is 0.261 e. The third-order valence-electron chi connectivity index (χ3n) is 10.6. The predicted molar refractivity (Wildman–Crippen MR) is 183 cm³/mol. The number of aliphatic hydroxyl groups excluding tert-OH is 1. The number of piperidine rings is 2. The average molecular weight is 702 g/mol. The molecule has 4 fully saturated rings. The Morgan fingerprint density at radius 1 is 0.565 bits per heavy atom. The highest BCUT2D eigenvalue weighted by atomic mass is 35.5. The molecule has 5 aliphatic rings. The summed E-state index contributed by atoms with van der Waals surface area (Å²) in [5, 5.41) is 12.2. The van der Waals surface area contributed by atoms with Gasteiger partial charge in [0.15, 0.2) is 0 Å². The van der Waals surface area contributed by atoms with Crippen molar-refractivity contribution in [2.45, 2.75) is 101 Å². The molecule has 10 heteroatoms. The zero-order valence-electron chi connectivity index (χ0n) is 25.4. The summed E-state index contributed by atoms with van der Waals surface area (Å²) in [6.45, 7) is 1.74. The largest absolute Gasteiger partial charge is 0.393 e. The van der Waals surface area contributed by atoms with Gasteiger partial charge in [-0.1, -0.05) is 70.7 Å². The molecular formula is C36H37Cl4N3O3. The highest BCUT2D eigenvalue weighted by Gasteiger charge is 2.47. The first-order chi connectivity index (χ1) is 22.2. The molecule has 3 aromatic carbocycles. The van der Waals surface area contributed by atoms with Crippen LogP contribution in [0.1, 0.15) is 83.2 Å². The average Bonchev–Trinajstić information content (AvgIpc) is 3.52. The second kappa shape index (κ2) is 13.4. The number of rotatable bonds is 5. The van der Waals surface area contributed by atoms with E-state index in [4.69, 9.17) is 46.4 Å². The molecule has 0 saturated carbocycles. The quantitative estimate of drug-likeness (QED) is 0.272. The molecule has 0 aliphatic carbocycles. The van der Waals surface area contributed by atoms with E-state index in [1.165, 1.54) is 23.3 Å². The minimum Gasteiger partial charge on any atom is -0.393 e. The van der Waals surface area contributed by atoms with Gasteiger partial charge < -0.3 is 5.11 Å². The van der Waals surface area contributed by atoms with E-state index in [2.05, 4.69) is 9.80 Å². The summed E-state index contributed by atoms with van der Waals surface area (Å²) in [4.78, 5) is 32.2. The van der Waals surface area contributed by atoms with Gasteiger partial charge in [-0.2, -0.15) is 0 Å². The summed E-state index contributed by atoms with van der Waals surface area (Å²) in [6.07, 6.45) is 8.03. The lowest BCUT2D eigenvalue weighted by atomic mass is 9.95. The number of carbonyl (C=O) groups excluding carboxylic acids is 2. The van der Waals surface area contributed by atoms with Gasteiger partial charge in [-0.05, 0) is 98.9 Å². The highest BCUT2D eigenvalue weighted by molar-refractivity contribution is 6.42. The van der Waals surface area contributed by atoms with Gasteiger partial charge >= 0.3 is 0 Å². The van der Waals surface area contributed by atoms with Gasteiger partial charge in [0.1, 0.15) is 0 Å². The van der Waals surface area contributed by atoms with E-state index in [-0.39, 0.29) is 24.0 Å². The number of hydrogen-bond donors (Lipinski definition) is 1. The minimum atomic E-state index is -0.136. The van der Waals surface area contributed by atoms with Crippen LogP contribution in [0.5, 0.6) is 0 Å². The van der Waals surface area contributed by atoms with Crippen molar-refractivity contribution in [2.24, 2.45) is 0 Å². The van der Waals surface area contributed by atoms with Gasteiger partial charge in [0.05, 0.1) is 37.3 Å². The van der Waals surface area contributed by atoms with E-state index in [1.54, 1.807) is 12.1 Å². The van der Waals surface area contributed by atoms with Crippen molar-refractivity contribution >= 4 is 58.2 Å². The number of nitrogens with zero attached hydrogens (tertiary/aromatic N) is 3. The van der Waals surface area contributed by atoms with Gasteiger partial charge in [-0.25, -0.2) is 0 Å². The van der Waals surface area contributed by atoms with Crippen LogP contribution in [-0.4, -0.2) is 67.9 Å². The van der Waals surface area contributed by atoms with Crippen LogP contribution < -0.4 is 0 Å². The minimum absolute atomic E-state index is 0.0186. The normalized spacial score (nSPS) is 28.8. The molecule has 242 valence electrons. The molecule has 0 aromatic heterocycles. The molecule has 1 N–H and O–H groups in total. The Kier molecular flexibility index (Phi) is 9.43. The van der Waals surface area contributed by atoms with Crippen molar-refractivity contribution in [3.63, 3.8) is 0 Å². The van der Waals surface area contributed by atoms with E-state index < -0.39 is 0 Å². The zero-order valence-corrected chi connectivity index (χ0v) is 28.4. The van der Waals surface area contributed by atoms with E-state index in [0.29, 0.717) is 55.4 Å². The van der Waals surface area contributed by atoms with Crippen LogP contribution in [0.2, 0.25) is 20.1 Å². The SMILES string of the molecule is O=C1c2ccccc2C(=O)N1C1CC2CCC(C1)N2Cc1ccc(Cl)c(Cl)c1.OC1C[C@H]2CC[C@@H](C1)N2Cc1ccc(Cl)c(Cl)c1. The van der Waals surface area contributed by atoms with Gasteiger partial charge in [0.25, 0.3) is 11.8 Å². The second-order valence-corrected chi connectivity index (χ2v) is 15.0. The number of carbonyl (C=O) groups is 2. The highest BCUT2D eigenvalue weighted by Crippen LogP contribution is 2.41. The first kappa shape index (κ1) is 32.4. The van der Waals surface area contributed by atoms with Crippen LogP contribution in [0.4, 0.5) is 0 Å². The number of benzene rings is 3. The molecular weight excluding hydrogens is 664 g/mol. The number of amides is 2. The first-order valence-electron chi connectivity index (χ1n) is 16.2. The number of fused-ring (bicyclic) bond motifs is 5.